The Bertz CT molecular complexity index is 638. The Balaban J connectivity index is 2.14. The predicted molar refractivity (Wildman–Crippen MR) is 71.1 cm³/mol. The molecule has 0 radical (unpaired) electrons. The van der Waals surface area contributed by atoms with Crippen LogP contribution in [0, 0.1) is 5.82 Å². The van der Waals surface area contributed by atoms with E-state index in [-0.39, 0.29) is 11.6 Å². The molecule has 0 N–H and O–H groups in total. The summed E-state index contributed by atoms with van der Waals surface area (Å²) in [6.45, 7) is 2.04. The Hall–Kier alpha value is -1.61. The Labute approximate surface area is 109 Å². The van der Waals surface area contributed by atoms with Gasteiger partial charge in [-0.1, -0.05) is 23.4 Å². The zero-order chi connectivity index (χ0) is 12.7. The smallest absolute Gasteiger partial charge is 0.187 e. The molecule has 1 aliphatic carbocycles. The number of allylic oxidation sites excluding steroid dienone is 5. The average Bonchev–Trinajstić information content (AvgIpc) is 2.46. The van der Waals surface area contributed by atoms with Crippen molar-refractivity contribution in [3.63, 3.8) is 0 Å². The van der Waals surface area contributed by atoms with Crippen molar-refractivity contribution >= 4 is 17.5 Å². The van der Waals surface area contributed by atoms with Crippen LogP contribution in [-0.4, -0.2) is 5.78 Å². The van der Waals surface area contributed by atoms with E-state index in [1.54, 1.807) is 12.1 Å². The van der Waals surface area contributed by atoms with Crippen LogP contribution in [-0.2, 0) is 0 Å². The summed E-state index contributed by atoms with van der Waals surface area (Å²) in [7, 11) is 0. The zero-order valence-electron chi connectivity index (χ0n) is 9.87. The Morgan fingerprint density at radius 3 is 2.94 bits per heavy atom. The normalized spacial score (nSPS) is 18.1. The average molecular weight is 258 g/mol. The standard InChI is InChI=1S/C15H11FOS/c1-9-2-4-14-10(6-9)7-13(17)12-8-11(16)3-5-15(12)18-14/h2-5,7-8H,6H2,1H3. The lowest BCUT2D eigenvalue weighted by molar-refractivity contribution is 0.104. The minimum Gasteiger partial charge on any atom is -0.289 e. The fourth-order valence-corrected chi connectivity index (χ4v) is 3.17. The molecule has 1 aromatic rings. The van der Waals surface area contributed by atoms with E-state index in [9.17, 15) is 9.18 Å². The summed E-state index contributed by atoms with van der Waals surface area (Å²) in [5.41, 5.74) is 2.72. The molecule has 0 unspecified atom stereocenters. The van der Waals surface area contributed by atoms with Crippen molar-refractivity contribution < 1.29 is 9.18 Å². The second-order valence-corrected chi connectivity index (χ2v) is 5.58. The summed E-state index contributed by atoms with van der Waals surface area (Å²) in [6.07, 6.45) is 6.53. The van der Waals surface area contributed by atoms with Crippen LogP contribution in [0.3, 0.4) is 0 Å². The molecule has 1 aliphatic heterocycles. The minimum absolute atomic E-state index is 0.106. The number of benzene rings is 1. The maximum absolute atomic E-state index is 13.2. The maximum Gasteiger partial charge on any atom is 0.187 e. The summed E-state index contributed by atoms with van der Waals surface area (Å²) in [5.74, 6) is -0.473. The van der Waals surface area contributed by atoms with Gasteiger partial charge < -0.3 is 0 Å². The predicted octanol–water partition coefficient (Wildman–Crippen LogP) is 4.27. The fraction of sp³-hybridized carbons (Fsp3) is 0.133. The molecule has 1 aromatic carbocycles. The van der Waals surface area contributed by atoms with Gasteiger partial charge in [-0.15, -0.1) is 0 Å². The quantitative estimate of drug-likeness (QED) is 0.691. The number of rotatable bonds is 0. The first-order valence-corrected chi connectivity index (χ1v) is 6.55. The molecule has 90 valence electrons. The monoisotopic (exact) mass is 258 g/mol. The van der Waals surface area contributed by atoms with Crippen molar-refractivity contribution in [2.75, 3.05) is 0 Å². The molecule has 0 spiro atoms. The number of ketones is 1. The van der Waals surface area contributed by atoms with Gasteiger partial charge >= 0.3 is 0 Å². The molecule has 0 bridgehead atoms. The third kappa shape index (κ3) is 1.95. The molecule has 0 amide bonds. The minimum atomic E-state index is -0.366. The molecule has 0 fully saturated rings. The molecule has 2 aliphatic rings. The van der Waals surface area contributed by atoms with E-state index in [0.29, 0.717) is 5.56 Å². The van der Waals surface area contributed by atoms with E-state index in [0.717, 1.165) is 21.8 Å². The van der Waals surface area contributed by atoms with E-state index in [4.69, 9.17) is 0 Å². The van der Waals surface area contributed by atoms with Gasteiger partial charge in [-0.2, -0.15) is 0 Å². The molecule has 0 saturated carbocycles. The van der Waals surface area contributed by atoms with Gasteiger partial charge in [-0.25, -0.2) is 4.39 Å². The van der Waals surface area contributed by atoms with Gasteiger partial charge in [0.15, 0.2) is 5.78 Å². The van der Waals surface area contributed by atoms with Crippen molar-refractivity contribution in [2.45, 2.75) is 18.2 Å². The first-order valence-electron chi connectivity index (χ1n) is 5.73. The molecule has 1 nitrogen and oxygen atoms in total. The molecule has 3 heteroatoms. The lowest BCUT2D eigenvalue weighted by Gasteiger charge is -2.13. The second kappa shape index (κ2) is 4.25. The topological polar surface area (TPSA) is 17.1 Å². The number of carbonyl (C=O) groups is 1. The third-order valence-corrected chi connectivity index (χ3v) is 4.23. The molecule has 3 rings (SSSR count). The summed E-state index contributed by atoms with van der Waals surface area (Å²) in [5, 5.41) is 0. The highest BCUT2D eigenvalue weighted by atomic mass is 32.2. The van der Waals surface area contributed by atoms with Gasteiger partial charge in [-0.3, -0.25) is 4.79 Å². The largest absolute Gasteiger partial charge is 0.289 e. The third-order valence-electron chi connectivity index (χ3n) is 3.04. The molecular weight excluding hydrogens is 247 g/mol. The van der Waals surface area contributed by atoms with Crippen molar-refractivity contribution in [3.05, 3.63) is 63.9 Å². The van der Waals surface area contributed by atoms with E-state index in [2.05, 4.69) is 6.08 Å². The Morgan fingerprint density at radius 1 is 1.28 bits per heavy atom. The van der Waals surface area contributed by atoms with Crippen molar-refractivity contribution in [1.29, 1.82) is 0 Å². The van der Waals surface area contributed by atoms with Crippen LogP contribution in [0.15, 0.2) is 57.4 Å². The lowest BCUT2D eigenvalue weighted by atomic mass is 9.98. The van der Waals surface area contributed by atoms with Crippen LogP contribution in [0.25, 0.3) is 0 Å². The van der Waals surface area contributed by atoms with E-state index in [1.165, 1.54) is 29.5 Å². The van der Waals surface area contributed by atoms with Crippen molar-refractivity contribution in [2.24, 2.45) is 0 Å². The lowest BCUT2D eigenvalue weighted by Crippen LogP contribution is -1.98. The van der Waals surface area contributed by atoms with Gasteiger partial charge in [0.1, 0.15) is 5.82 Å². The van der Waals surface area contributed by atoms with Crippen LogP contribution in [0.2, 0.25) is 0 Å². The van der Waals surface area contributed by atoms with E-state index in [1.807, 2.05) is 13.0 Å². The summed E-state index contributed by atoms with van der Waals surface area (Å²) in [4.78, 5) is 14.0. The molecule has 18 heavy (non-hydrogen) atoms. The zero-order valence-corrected chi connectivity index (χ0v) is 10.7. The van der Waals surface area contributed by atoms with Gasteiger partial charge in [0.25, 0.3) is 0 Å². The van der Waals surface area contributed by atoms with E-state index >= 15 is 0 Å². The highest BCUT2D eigenvalue weighted by Gasteiger charge is 2.21. The molecular formula is C15H11FOS. The Morgan fingerprint density at radius 2 is 2.11 bits per heavy atom. The number of carbonyl (C=O) groups excluding carboxylic acids is 1. The number of hydrogen-bond acceptors (Lipinski definition) is 2. The maximum atomic E-state index is 13.2. The van der Waals surface area contributed by atoms with Gasteiger partial charge in [0, 0.05) is 15.4 Å². The first kappa shape index (κ1) is 11.5. The van der Waals surface area contributed by atoms with Crippen LogP contribution in [0.4, 0.5) is 4.39 Å². The van der Waals surface area contributed by atoms with E-state index < -0.39 is 0 Å². The highest BCUT2D eigenvalue weighted by molar-refractivity contribution is 8.03. The Kier molecular flexibility index (Phi) is 2.71. The summed E-state index contributed by atoms with van der Waals surface area (Å²) in [6, 6.07) is 4.39. The fourth-order valence-electron chi connectivity index (χ4n) is 2.13. The van der Waals surface area contributed by atoms with Crippen LogP contribution < -0.4 is 0 Å². The van der Waals surface area contributed by atoms with Gasteiger partial charge in [0.2, 0.25) is 0 Å². The summed E-state index contributed by atoms with van der Waals surface area (Å²) >= 11 is 1.54. The van der Waals surface area contributed by atoms with Crippen molar-refractivity contribution in [1.82, 2.24) is 0 Å². The second-order valence-electron chi connectivity index (χ2n) is 4.50. The van der Waals surface area contributed by atoms with Crippen LogP contribution in [0.1, 0.15) is 23.7 Å². The summed E-state index contributed by atoms with van der Waals surface area (Å²) < 4.78 is 13.2. The van der Waals surface area contributed by atoms with Crippen molar-refractivity contribution in [3.8, 4) is 0 Å². The highest BCUT2D eigenvalue weighted by Crippen LogP contribution is 2.41. The number of halogens is 1. The molecule has 0 atom stereocenters. The van der Waals surface area contributed by atoms with Gasteiger partial charge in [0.05, 0.1) is 0 Å². The number of thioether (sulfide) groups is 1. The van der Waals surface area contributed by atoms with Gasteiger partial charge in [-0.05, 0) is 49.3 Å². The molecule has 0 saturated heterocycles. The SMILES string of the molecule is CC1=CC=C2Sc3ccc(F)cc3C(=O)C=C2C1. The number of fused-ring (bicyclic) bond motifs is 2. The van der Waals surface area contributed by atoms with Crippen LogP contribution >= 0.6 is 11.8 Å². The first-order chi connectivity index (χ1) is 8.63. The number of hydrogen-bond donors (Lipinski definition) is 0. The molecule has 0 aromatic heterocycles. The molecule has 1 heterocycles. The van der Waals surface area contributed by atoms with Crippen LogP contribution in [0.5, 0.6) is 0 Å².